The van der Waals surface area contributed by atoms with E-state index in [-0.39, 0.29) is 0 Å². The van der Waals surface area contributed by atoms with E-state index in [2.05, 4.69) is 33.2 Å². The number of fused-ring (bicyclic) bond motifs is 4. The van der Waals surface area contributed by atoms with Gasteiger partial charge >= 0.3 is 0 Å². The van der Waals surface area contributed by atoms with Gasteiger partial charge in [-0.2, -0.15) is 0 Å². The minimum Gasteiger partial charge on any atom is -0.453 e. The minimum atomic E-state index is 0.739. The van der Waals surface area contributed by atoms with E-state index < -0.39 is 0 Å². The van der Waals surface area contributed by atoms with Crippen LogP contribution in [0.25, 0.3) is 44.2 Å². The van der Waals surface area contributed by atoms with Crippen LogP contribution in [-0.4, -0.2) is 15.0 Å². The molecule has 0 fully saturated rings. The van der Waals surface area contributed by atoms with Gasteiger partial charge in [0.2, 0.25) is 0 Å². The molecule has 0 spiro atoms. The van der Waals surface area contributed by atoms with Crippen LogP contribution in [0, 0.1) is 0 Å². The minimum absolute atomic E-state index is 0.739. The second-order valence-electron chi connectivity index (χ2n) is 5.43. The van der Waals surface area contributed by atoms with Gasteiger partial charge in [0.05, 0.1) is 23.0 Å². The first-order chi connectivity index (χ1) is 11.4. The summed E-state index contributed by atoms with van der Waals surface area (Å²) in [6.45, 7) is 0. The Morgan fingerprint density at radius 1 is 0.696 bits per heavy atom. The van der Waals surface area contributed by atoms with Gasteiger partial charge < -0.3 is 4.42 Å². The van der Waals surface area contributed by atoms with Gasteiger partial charge in [0.15, 0.2) is 11.2 Å². The predicted molar refractivity (Wildman–Crippen MR) is 90.0 cm³/mol. The third-order valence-electron chi connectivity index (χ3n) is 4.01. The molecular weight excluding hydrogens is 286 g/mol. The smallest absolute Gasteiger partial charge is 0.155 e. The number of hydrogen-bond donors (Lipinski definition) is 0. The van der Waals surface area contributed by atoms with E-state index in [1.165, 1.54) is 0 Å². The summed E-state index contributed by atoms with van der Waals surface area (Å²) < 4.78 is 5.77. The molecule has 5 rings (SSSR count). The molecule has 0 aliphatic carbocycles. The fourth-order valence-corrected chi connectivity index (χ4v) is 2.87. The molecule has 0 bridgehead atoms. The first-order valence-electron chi connectivity index (χ1n) is 7.37. The summed E-state index contributed by atoms with van der Waals surface area (Å²) in [5.74, 6) is 0. The zero-order chi connectivity index (χ0) is 15.2. The van der Waals surface area contributed by atoms with E-state index in [1.807, 2.05) is 36.5 Å². The summed E-state index contributed by atoms with van der Waals surface area (Å²) in [5.41, 5.74) is 4.02. The molecule has 0 radical (unpaired) electrons. The van der Waals surface area contributed by atoms with Gasteiger partial charge in [-0.1, -0.05) is 24.3 Å². The first kappa shape index (κ1) is 12.3. The van der Waals surface area contributed by atoms with E-state index in [0.29, 0.717) is 0 Å². The molecule has 0 unspecified atom stereocenters. The van der Waals surface area contributed by atoms with Crippen LogP contribution in [0.5, 0.6) is 0 Å². The van der Waals surface area contributed by atoms with Gasteiger partial charge in [-0.3, -0.25) is 15.0 Å². The molecule has 0 saturated heterocycles. The van der Waals surface area contributed by atoms with Gasteiger partial charge in [0, 0.05) is 17.8 Å². The highest BCUT2D eigenvalue weighted by Crippen LogP contribution is 2.29. The largest absolute Gasteiger partial charge is 0.453 e. The van der Waals surface area contributed by atoms with Crippen LogP contribution < -0.4 is 0 Å². The molecule has 0 N–H and O–H groups in total. The normalized spacial score (nSPS) is 11.5. The monoisotopic (exact) mass is 297 g/mol. The predicted octanol–water partition coefficient (Wildman–Crippen LogP) is 4.59. The third-order valence-corrected chi connectivity index (χ3v) is 4.01. The molecule has 4 aromatic heterocycles. The molecule has 1 aromatic carbocycles. The molecule has 4 heteroatoms. The summed E-state index contributed by atoms with van der Waals surface area (Å²) in [5, 5.41) is 3.22. The van der Waals surface area contributed by atoms with Gasteiger partial charge in [0.25, 0.3) is 0 Å². The summed E-state index contributed by atoms with van der Waals surface area (Å²) in [6.07, 6.45) is 5.39. The van der Waals surface area contributed by atoms with Gasteiger partial charge in [-0.25, -0.2) is 0 Å². The van der Waals surface area contributed by atoms with Crippen molar-refractivity contribution in [2.24, 2.45) is 0 Å². The second-order valence-corrected chi connectivity index (χ2v) is 5.43. The van der Waals surface area contributed by atoms with Crippen LogP contribution in [0.1, 0.15) is 0 Å². The van der Waals surface area contributed by atoms with Crippen molar-refractivity contribution in [1.82, 2.24) is 15.0 Å². The topological polar surface area (TPSA) is 51.8 Å². The van der Waals surface area contributed by atoms with Crippen LogP contribution in [0.2, 0.25) is 0 Å². The Kier molecular flexibility index (Phi) is 2.46. The third kappa shape index (κ3) is 1.89. The van der Waals surface area contributed by atoms with Crippen molar-refractivity contribution in [1.29, 1.82) is 0 Å². The average molecular weight is 297 g/mol. The van der Waals surface area contributed by atoms with Crippen LogP contribution in [-0.2, 0) is 0 Å². The molecule has 0 amide bonds. The molecule has 4 heterocycles. The lowest BCUT2D eigenvalue weighted by Crippen LogP contribution is -1.87. The molecule has 0 atom stereocenters. The summed E-state index contributed by atoms with van der Waals surface area (Å²) in [7, 11) is 0. The highest BCUT2D eigenvalue weighted by molar-refractivity contribution is 6.03. The number of benzene rings is 1. The summed E-state index contributed by atoms with van der Waals surface area (Å²) >= 11 is 0. The Bertz CT molecular complexity index is 1180. The molecular formula is C19H11N3O. The van der Waals surface area contributed by atoms with Gasteiger partial charge in [-0.05, 0) is 29.7 Å². The number of hydrogen-bond acceptors (Lipinski definition) is 4. The highest BCUT2D eigenvalue weighted by Gasteiger charge is 2.11. The molecule has 108 valence electrons. The van der Waals surface area contributed by atoms with Crippen molar-refractivity contribution in [3.63, 3.8) is 0 Å². The van der Waals surface area contributed by atoms with Crippen molar-refractivity contribution < 1.29 is 4.42 Å². The van der Waals surface area contributed by atoms with Crippen molar-refractivity contribution in [3.05, 3.63) is 67.1 Å². The van der Waals surface area contributed by atoms with Gasteiger partial charge in [-0.15, -0.1) is 0 Å². The van der Waals surface area contributed by atoms with Crippen LogP contribution in [0.15, 0.2) is 71.5 Å². The average Bonchev–Trinajstić information content (AvgIpc) is 2.99. The number of rotatable bonds is 1. The SMILES string of the molecule is c1ccc2cc(-c3cc4c(cn3)oc3cccnc34)ncc2c1. The molecule has 0 aliphatic heterocycles. The Morgan fingerprint density at radius 3 is 2.48 bits per heavy atom. The number of nitrogens with zero attached hydrogens (tertiary/aromatic N) is 3. The number of aromatic nitrogens is 3. The molecule has 0 aliphatic rings. The lowest BCUT2D eigenvalue weighted by molar-refractivity contribution is 0.666. The van der Waals surface area contributed by atoms with Crippen LogP contribution >= 0.6 is 0 Å². The van der Waals surface area contributed by atoms with Crippen LogP contribution in [0.3, 0.4) is 0 Å². The maximum absolute atomic E-state index is 5.77. The Balaban J connectivity index is 1.76. The number of pyridine rings is 3. The zero-order valence-electron chi connectivity index (χ0n) is 12.1. The van der Waals surface area contributed by atoms with E-state index in [4.69, 9.17) is 4.42 Å². The summed E-state index contributed by atoms with van der Waals surface area (Å²) in [4.78, 5) is 13.4. The highest BCUT2D eigenvalue weighted by atomic mass is 16.3. The quantitative estimate of drug-likeness (QED) is 0.454. The fraction of sp³-hybridized carbons (Fsp3) is 0. The van der Waals surface area contributed by atoms with Crippen molar-refractivity contribution in [3.8, 4) is 11.4 Å². The van der Waals surface area contributed by atoms with Gasteiger partial charge in [0.1, 0.15) is 5.52 Å². The maximum Gasteiger partial charge on any atom is 0.155 e. The van der Waals surface area contributed by atoms with E-state index in [0.717, 1.165) is 44.2 Å². The lowest BCUT2D eigenvalue weighted by atomic mass is 10.1. The van der Waals surface area contributed by atoms with Crippen LogP contribution in [0.4, 0.5) is 0 Å². The standard InChI is InChI=1S/C19H11N3O/c1-2-5-13-10-21-15(8-12(13)4-1)16-9-14-18(11-22-16)23-17-6-3-7-20-19(14)17/h1-11H. The van der Waals surface area contributed by atoms with E-state index in [9.17, 15) is 0 Å². The molecule has 0 saturated carbocycles. The van der Waals surface area contributed by atoms with Crippen molar-refractivity contribution in [2.45, 2.75) is 0 Å². The number of furan rings is 1. The summed E-state index contributed by atoms with van der Waals surface area (Å²) in [6, 6.07) is 16.0. The van der Waals surface area contributed by atoms with E-state index >= 15 is 0 Å². The Hall–Kier alpha value is -3.27. The van der Waals surface area contributed by atoms with Crippen molar-refractivity contribution in [2.75, 3.05) is 0 Å². The molecule has 23 heavy (non-hydrogen) atoms. The fourth-order valence-electron chi connectivity index (χ4n) is 2.87. The Labute approximate surface area is 131 Å². The second kappa shape index (κ2) is 4.61. The van der Waals surface area contributed by atoms with E-state index in [1.54, 1.807) is 12.4 Å². The maximum atomic E-state index is 5.77. The molecule has 4 nitrogen and oxygen atoms in total. The van der Waals surface area contributed by atoms with Crippen molar-refractivity contribution >= 4 is 32.8 Å². The Morgan fingerprint density at radius 2 is 1.52 bits per heavy atom. The molecule has 5 aromatic rings. The lowest BCUT2D eigenvalue weighted by Gasteiger charge is -2.02. The zero-order valence-corrected chi connectivity index (χ0v) is 12.1. The first-order valence-corrected chi connectivity index (χ1v) is 7.37.